The van der Waals surface area contributed by atoms with Gasteiger partial charge in [0.2, 0.25) is 11.8 Å². The molecular formula is C25H26ClN3O2. The van der Waals surface area contributed by atoms with Crippen LogP contribution in [-0.2, 0) is 29.1 Å². The lowest BCUT2D eigenvalue weighted by atomic mass is 10.1. The number of hydrogen-bond acceptors (Lipinski definition) is 3. The van der Waals surface area contributed by atoms with Crippen molar-refractivity contribution in [1.82, 2.24) is 15.2 Å². The second-order valence-corrected chi connectivity index (χ2v) is 7.82. The van der Waals surface area contributed by atoms with Gasteiger partial charge in [-0.25, -0.2) is 0 Å². The fourth-order valence-corrected chi connectivity index (χ4v) is 3.37. The number of benzene rings is 2. The summed E-state index contributed by atoms with van der Waals surface area (Å²) in [6.07, 6.45) is 4.33. The molecule has 6 heteroatoms. The fraction of sp³-hybridized carbons (Fsp3) is 0.240. The summed E-state index contributed by atoms with van der Waals surface area (Å²) in [5.41, 5.74) is 2.97. The molecule has 160 valence electrons. The van der Waals surface area contributed by atoms with E-state index in [2.05, 4.69) is 10.3 Å². The van der Waals surface area contributed by atoms with Crippen LogP contribution < -0.4 is 5.32 Å². The molecule has 1 N–H and O–H groups in total. The molecule has 0 aliphatic carbocycles. The van der Waals surface area contributed by atoms with E-state index in [-0.39, 0.29) is 11.8 Å². The number of pyridine rings is 1. The van der Waals surface area contributed by atoms with Crippen molar-refractivity contribution < 1.29 is 9.59 Å². The Hall–Kier alpha value is -3.18. The van der Waals surface area contributed by atoms with E-state index in [0.717, 1.165) is 16.7 Å². The Balaban J connectivity index is 1.69. The van der Waals surface area contributed by atoms with Crippen LogP contribution in [0.15, 0.2) is 79.1 Å². The standard InChI is InChI=1S/C25H26ClN3O2/c1-19(25(31)28-17-21-13-15-27-16-14-21)29(18-22-7-10-23(26)11-8-22)24(30)12-9-20-5-3-2-4-6-20/h2-8,10-11,13-16,19H,9,12,17-18H2,1H3,(H,28,31). The monoisotopic (exact) mass is 435 g/mol. The Labute approximate surface area is 188 Å². The Bertz CT molecular complexity index is 979. The topological polar surface area (TPSA) is 62.3 Å². The van der Waals surface area contributed by atoms with Gasteiger partial charge in [-0.15, -0.1) is 0 Å². The van der Waals surface area contributed by atoms with Gasteiger partial charge >= 0.3 is 0 Å². The van der Waals surface area contributed by atoms with Crippen molar-refractivity contribution in [2.45, 2.75) is 38.9 Å². The molecular weight excluding hydrogens is 410 g/mol. The number of carbonyl (C=O) groups excluding carboxylic acids is 2. The van der Waals surface area contributed by atoms with Crippen LogP contribution in [0.3, 0.4) is 0 Å². The molecule has 0 spiro atoms. The third kappa shape index (κ3) is 6.93. The quantitative estimate of drug-likeness (QED) is 0.541. The minimum atomic E-state index is -0.610. The molecule has 0 saturated heterocycles. The first kappa shape index (κ1) is 22.5. The van der Waals surface area contributed by atoms with Crippen molar-refractivity contribution in [2.24, 2.45) is 0 Å². The first-order chi connectivity index (χ1) is 15.0. The number of aromatic nitrogens is 1. The van der Waals surface area contributed by atoms with Crippen molar-refractivity contribution in [2.75, 3.05) is 0 Å². The number of nitrogens with one attached hydrogen (secondary N) is 1. The molecule has 3 aromatic rings. The number of halogens is 1. The van der Waals surface area contributed by atoms with Crippen LogP contribution in [0.2, 0.25) is 5.02 Å². The summed E-state index contributed by atoms with van der Waals surface area (Å²) in [5.74, 6) is -0.260. The minimum Gasteiger partial charge on any atom is -0.350 e. The highest BCUT2D eigenvalue weighted by Crippen LogP contribution is 2.15. The zero-order valence-electron chi connectivity index (χ0n) is 17.5. The number of carbonyl (C=O) groups is 2. The summed E-state index contributed by atoms with van der Waals surface area (Å²) < 4.78 is 0. The Morgan fingerprint density at radius 2 is 1.61 bits per heavy atom. The highest BCUT2D eigenvalue weighted by molar-refractivity contribution is 6.30. The van der Waals surface area contributed by atoms with E-state index in [4.69, 9.17) is 11.6 Å². The maximum Gasteiger partial charge on any atom is 0.242 e. The maximum absolute atomic E-state index is 13.1. The predicted molar refractivity (Wildman–Crippen MR) is 122 cm³/mol. The van der Waals surface area contributed by atoms with Crippen LogP contribution in [0, 0.1) is 0 Å². The molecule has 0 fully saturated rings. The lowest BCUT2D eigenvalue weighted by molar-refractivity contribution is -0.140. The van der Waals surface area contributed by atoms with Gasteiger partial charge in [0, 0.05) is 36.9 Å². The number of nitrogens with zero attached hydrogens (tertiary/aromatic N) is 2. The highest BCUT2D eigenvalue weighted by atomic mass is 35.5. The van der Waals surface area contributed by atoms with Gasteiger partial charge in [-0.05, 0) is 54.3 Å². The van der Waals surface area contributed by atoms with Crippen molar-refractivity contribution in [1.29, 1.82) is 0 Å². The molecule has 0 saturated carbocycles. The summed E-state index contributed by atoms with van der Waals surface area (Å²) in [6, 6.07) is 20.3. The van der Waals surface area contributed by atoms with Gasteiger partial charge in [0.25, 0.3) is 0 Å². The summed E-state index contributed by atoms with van der Waals surface area (Å²) in [7, 11) is 0. The lowest BCUT2D eigenvalue weighted by Gasteiger charge is -2.29. The molecule has 1 heterocycles. The molecule has 3 rings (SSSR count). The van der Waals surface area contributed by atoms with Crippen molar-refractivity contribution in [3.05, 3.63) is 101 Å². The molecule has 31 heavy (non-hydrogen) atoms. The van der Waals surface area contributed by atoms with Gasteiger partial charge in [0.05, 0.1) is 0 Å². The summed E-state index contributed by atoms with van der Waals surface area (Å²) in [6.45, 7) is 2.49. The molecule has 0 aliphatic heterocycles. The number of amides is 2. The second-order valence-electron chi connectivity index (χ2n) is 7.38. The van der Waals surface area contributed by atoms with Crippen LogP contribution >= 0.6 is 11.6 Å². The van der Waals surface area contributed by atoms with Gasteiger partial charge < -0.3 is 10.2 Å². The van der Waals surface area contributed by atoms with Crippen molar-refractivity contribution in [3.8, 4) is 0 Å². The van der Waals surface area contributed by atoms with E-state index in [0.29, 0.717) is 31.0 Å². The second kappa shape index (κ2) is 11.3. The number of hydrogen-bond donors (Lipinski definition) is 1. The van der Waals surface area contributed by atoms with Crippen LogP contribution in [0.4, 0.5) is 0 Å². The average molecular weight is 436 g/mol. The van der Waals surface area contributed by atoms with Gasteiger partial charge in [0.1, 0.15) is 6.04 Å². The molecule has 2 amide bonds. The zero-order valence-corrected chi connectivity index (χ0v) is 18.3. The van der Waals surface area contributed by atoms with E-state index in [1.807, 2.05) is 54.6 Å². The molecule has 5 nitrogen and oxygen atoms in total. The third-order valence-corrected chi connectivity index (χ3v) is 5.37. The van der Waals surface area contributed by atoms with E-state index in [9.17, 15) is 9.59 Å². The number of aryl methyl sites for hydroxylation is 1. The molecule has 0 bridgehead atoms. The number of rotatable bonds is 9. The third-order valence-electron chi connectivity index (χ3n) is 5.12. The van der Waals surface area contributed by atoms with Gasteiger partial charge in [-0.1, -0.05) is 54.1 Å². The smallest absolute Gasteiger partial charge is 0.242 e. The first-order valence-electron chi connectivity index (χ1n) is 10.3. The van der Waals surface area contributed by atoms with Crippen LogP contribution in [-0.4, -0.2) is 27.7 Å². The van der Waals surface area contributed by atoms with Crippen LogP contribution in [0.5, 0.6) is 0 Å². The molecule has 0 aliphatic rings. The first-order valence-corrected chi connectivity index (χ1v) is 10.6. The highest BCUT2D eigenvalue weighted by Gasteiger charge is 2.25. The predicted octanol–water partition coefficient (Wildman–Crippen LogP) is 4.40. The van der Waals surface area contributed by atoms with Crippen molar-refractivity contribution in [3.63, 3.8) is 0 Å². The largest absolute Gasteiger partial charge is 0.350 e. The maximum atomic E-state index is 13.1. The van der Waals surface area contributed by atoms with Crippen molar-refractivity contribution >= 4 is 23.4 Å². The van der Waals surface area contributed by atoms with E-state index < -0.39 is 6.04 Å². The zero-order chi connectivity index (χ0) is 22.1. The Morgan fingerprint density at radius 3 is 2.29 bits per heavy atom. The van der Waals surface area contributed by atoms with E-state index in [1.54, 1.807) is 36.4 Å². The van der Waals surface area contributed by atoms with E-state index in [1.165, 1.54) is 0 Å². The molecule has 1 aromatic heterocycles. The van der Waals surface area contributed by atoms with Gasteiger partial charge in [-0.3, -0.25) is 14.6 Å². The lowest BCUT2D eigenvalue weighted by Crippen LogP contribution is -2.47. The van der Waals surface area contributed by atoms with Crippen LogP contribution in [0.25, 0.3) is 0 Å². The minimum absolute atomic E-state index is 0.0645. The Kier molecular flexibility index (Phi) is 8.19. The molecule has 1 unspecified atom stereocenters. The van der Waals surface area contributed by atoms with Crippen LogP contribution in [0.1, 0.15) is 30.0 Å². The fourth-order valence-electron chi connectivity index (χ4n) is 3.25. The Morgan fingerprint density at radius 1 is 0.935 bits per heavy atom. The van der Waals surface area contributed by atoms with Gasteiger partial charge in [0.15, 0.2) is 0 Å². The SMILES string of the molecule is CC(C(=O)NCc1ccncc1)N(Cc1ccc(Cl)cc1)C(=O)CCc1ccccc1. The summed E-state index contributed by atoms with van der Waals surface area (Å²) in [5, 5.41) is 3.55. The normalized spacial score (nSPS) is 11.5. The van der Waals surface area contributed by atoms with E-state index >= 15 is 0 Å². The summed E-state index contributed by atoms with van der Waals surface area (Å²) in [4.78, 5) is 31.6. The van der Waals surface area contributed by atoms with Gasteiger partial charge in [-0.2, -0.15) is 0 Å². The average Bonchev–Trinajstić information content (AvgIpc) is 2.81. The molecule has 1 atom stereocenters. The molecule has 0 radical (unpaired) electrons. The summed E-state index contributed by atoms with van der Waals surface area (Å²) >= 11 is 5.99. The molecule has 2 aromatic carbocycles.